The Labute approximate surface area is 121 Å². The van der Waals surface area contributed by atoms with Crippen molar-refractivity contribution in [2.24, 2.45) is 0 Å². The highest BCUT2D eigenvalue weighted by Gasteiger charge is 2.25. The van der Waals surface area contributed by atoms with E-state index in [0.29, 0.717) is 17.3 Å². The molecule has 2 unspecified atom stereocenters. The maximum Gasteiger partial charge on any atom is 0.287 e. The molecule has 1 saturated carbocycles. The number of carbonyl (C=O) groups excluding carboxylic acids is 1. The standard InChI is InChI=1S/C15H17N3O3/c19-12-8-4-3-7-11(12)17-15(21)13-16-10-6-2-1-5-9(10)14(20)18-13/h1-2,5-6,11-12,19H,3-4,7-8H2,(H,17,21)(H,16,18,20). The van der Waals surface area contributed by atoms with Gasteiger partial charge in [0.15, 0.2) is 5.82 Å². The minimum absolute atomic E-state index is 0.0172. The molecule has 3 N–H and O–H groups in total. The van der Waals surface area contributed by atoms with Crippen LogP contribution >= 0.6 is 0 Å². The number of hydrogen-bond acceptors (Lipinski definition) is 4. The van der Waals surface area contributed by atoms with Crippen molar-refractivity contribution in [1.82, 2.24) is 15.3 Å². The molecule has 1 fully saturated rings. The number of aromatic nitrogens is 2. The Morgan fingerprint density at radius 3 is 2.86 bits per heavy atom. The highest BCUT2D eigenvalue weighted by molar-refractivity contribution is 5.92. The zero-order valence-electron chi connectivity index (χ0n) is 11.5. The molecule has 0 spiro atoms. The van der Waals surface area contributed by atoms with E-state index in [9.17, 15) is 14.7 Å². The number of rotatable bonds is 2. The van der Waals surface area contributed by atoms with Gasteiger partial charge in [0.1, 0.15) is 0 Å². The van der Waals surface area contributed by atoms with Crippen molar-refractivity contribution in [3.05, 3.63) is 40.4 Å². The molecule has 6 heteroatoms. The van der Waals surface area contributed by atoms with Gasteiger partial charge < -0.3 is 15.4 Å². The fourth-order valence-electron chi connectivity index (χ4n) is 2.71. The summed E-state index contributed by atoms with van der Waals surface area (Å²) in [5, 5.41) is 13.1. The Kier molecular flexibility index (Phi) is 3.70. The Morgan fingerprint density at radius 2 is 2.05 bits per heavy atom. The van der Waals surface area contributed by atoms with E-state index in [-0.39, 0.29) is 17.4 Å². The minimum atomic E-state index is -0.533. The van der Waals surface area contributed by atoms with E-state index in [1.165, 1.54) is 0 Å². The van der Waals surface area contributed by atoms with Crippen molar-refractivity contribution < 1.29 is 9.90 Å². The number of fused-ring (bicyclic) bond motifs is 1. The van der Waals surface area contributed by atoms with Gasteiger partial charge in [0.05, 0.1) is 23.0 Å². The molecule has 3 rings (SSSR count). The molecule has 2 atom stereocenters. The third kappa shape index (κ3) is 2.80. The van der Waals surface area contributed by atoms with E-state index in [2.05, 4.69) is 15.3 Å². The number of hydrogen-bond donors (Lipinski definition) is 3. The molecule has 1 aliphatic rings. The number of H-pyrrole nitrogens is 1. The van der Waals surface area contributed by atoms with E-state index in [1.54, 1.807) is 24.3 Å². The summed E-state index contributed by atoms with van der Waals surface area (Å²) in [6, 6.07) is 6.59. The van der Waals surface area contributed by atoms with E-state index in [1.807, 2.05) is 0 Å². The summed E-state index contributed by atoms with van der Waals surface area (Å²) in [5.74, 6) is -0.472. The molecule has 6 nitrogen and oxygen atoms in total. The molecule has 110 valence electrons. The zero-order valence-corrected chi connectivity index (χ0v) is 11.5. The molecule has 2 aromatic rings. The topological polar surface area (TPSA) is 95.1 Å². The van der Waals surface area contributed by atoms with Gasteiger partial charge in [-0.25, -0.2) is 4.98 Å². The van der Waals surface area contributed by atoms with Crippen molar-refractivity contribution in [2.75, 3.05) is 0 Å². The minimum Gasteiger partial charge on any atom is -0.391 e. The number of nitrogens with one attached hydrogen (secondary N) is 2. The number of benzene rings is 1. The van der Waals surface area contributed by atoms with Gasteiger partial charge in [0.25, 0.3) is 11.5 Å². The molecule has 1 aliphatic carbocycles. The molecule has 1 heterocycles. The maximum absolute atomic E-state index is 12.2. The summed E-state index contributed by atoms with van der Waals surface area (Å²) in [6.07, 6.45) is 2.84. The van der Waals surface area contributed by atoms with Gasteiger partial charge in [-0.3, -0.25) is 9.59 Å². The van der Waals surface area contributed by atoms with Gasteiger partial charge >= 0.3 is 0 Å². The van der Waals surface area contributed by atoms with Gasteiger partial charge in [0.2, 0.25) is 0 Å². The average molecular weight is 287 g/mol. The van der Waals surface area contributed by atoms with Crippen LogP contribution in [0, 0.1) is 0 Å². The van der Waals surface area contributed by atoms with Crippen molar-refractivity contribution in [3.8, 4) is 0 Å². The Morgan fingerprint density at radius 1 is 1.29 bits per heavy atom. The maximum atomic E-state index is 12.2. The van der Waals surface area contributed by atoms with Crippen molar-refractivity contribution in [2.45, 2.75) is 37.8 Å². The van der Waals surface area contributed by atoms with Crippen molar-refractivity contribution in [1.29, 1.82) is 0 Å². The van der Waals surface area contributed by atoms with Crippen LogP contribution in [0.15, 0.2) is 29.1 Å². The number of aliphatic hydroxyl groups is 1. The fraction of sp³-hybridized carbons (Fsp3) is 0.400. The summed E-state index contributed by atoms with van der Waals surface area (Å²) in [4.78, 5) is 30.8. The molecule has 1 aromatic carbocycles. The Bertz CT molecular complexity index is 725. The lowest BCUT2D eigenvalue weighted by Gasteiger charge is -2.28. The lowest BCUT2D eigenvalue weighted by atomic mass is 9.92. The molecule has 21 heavy (non-hydrogen) atoms. The van der Waals surface area contributed by atoms with Gasteiger partial charge in [-0.1, -0.05) is 25.0 Å². The Balaban J connectivity index is 1.86. The van der Waals surface area contributed by atoms with Crippen LogP contribution in [0.4, 0.5) is 0 Å². The zero-order chi connectivity index (χ0) is 14.8. The first-order valence-electron chi connectivity index (χ1n) is 7.13. The molecule has 0 bridgehead atoms. The average Bonchev–Trinajstić information content (AvgIpc) is 2.49. The van der Waals surface area contributed by atoms with Crippen LogP contribution in [0.5, 0.6) is 0 Å². The summed E-state index contributed by atoms with van der Waals surface area (Å²) in [7, 11) is 0. The first-order chi connectivity index (χ1) is 10.1. The van der Waals surface area contributed by atoms with Gasteiger partial charge in [0, 0.05) is 0 Å². The van der Waals surface area contributed by atoms with Crippen LogP contribution in [-0.2, 0) is 0 Å². The van der Waals surface area contributed by atoms with E-state index in [0.717, 1.165) is 19.3 Å². The highest BCUT2D eigenvalue weighted by Crippen LogP contribution is 2.18. The second-order valence-corrected chi connectivity index (χ2v) is 5.36. The largest absolute Gasteiger partial charge is 0.391 e. The Hall–Kier alpha value is -2.21. The number of para-hydroxylation sites is 1. The summed E-state index contributed by atoms with van der Waals surface area (Å²) in [5.41, 5.74) is 0.144. The molecular weight excluding hydrogens is 270 g/mol. The van der Waals surface area contributed by atoms with Crippen LogP contribution in [0.2, 0.25) is 0 Å². The second-order valence-electron chi connectivity index (χ2n) is 5.36. The number of aliphatic hydroxyl groups excluding tert-OH is 1. The van der Waals surface area contributed by atoms with Gasteiger partial charge in [-0.05, 0) is 25.0 Å². The lowest BCUT2D eigenvalue weighted by Crippen LogP contribution is -2.45. The smallest absolute Gasteiger partial charge is 0.287 e. The predicted octanol–water partition coefficient (Wildman–Crippen LogP) is 0.956. The number of amides is 1. The van der Waals surface area contributed by atoms with Crippen molar-refractivity contribution >= 4 is 16.8 Å². The highest BCUT2D eigenvalue weighted by atomic mass is 16.3. The predicted molar refractivity (Wildman–Crippen MR) is 78.1 cm³/mol. The molecular formula is C15H17N3O3. The quantitative estimate of drug-likeness (QED) is 0.766. The normalized spacial score (nSPS) is 22.1. The molecule has 0 aliphatic heterocycles. The third-order valence-electron chi connectivity index (χ3n) is 3.87. The van der Waals surface area contributed by atoms with Crippen molar-refractivity contribution in [3.63, 3.8) is 0 Å². The van der Waals surface area contributed by atoms with Crippen LogP contribution in [0.1, 0.15) is 36.3 Å². The third-order valence-corrected chi connectivity index (χ3v) is 3.87. The summed E-state index contributed by atoms with van der Waals surface area (Å²) in [6.45, 7) is 0. The molecule has 1 amide bonds. The molecule has 0 radical (unpaired) electrons. The molecule has 1 aromatic heterocycles. The number of aromatic amines is 1. The fourth-order valence-corrected chi connectivity index (χ4v) is 2.71. The van der Waals surface area contributed by atoms with E-state index < -0.39 is 12.0 Å². The molecule has 0 saturated heterocycles. The number of nitrogens with zero attached hydrogens (tertiary/aromatic N) is 1. The SMILES string of the molecule is O=C(NC1CCCCC1O)c1nc2ccccc2c(=O)[nH]1. The second kappa shape index (κ2) is 5.65. The first-order valence-corrected chi connectivity index (χ1v) is 7.13. The monoisotopic (exact) mass is 287 g/mol. The van der Waals surface area contributed by atoms with Gasteiger partial charge in [-0.15, -0.1) is 0 Å². The summed E-state index contributed by atoms with van der Waals surface area (Å²) >= 11 is 0. The van der Waals surface area contributed by atoms with Crippen LogP contribution in [-0.4, -0.2) is 33.1 Å². The van der Waals surface area contributed by atoms with E-state index >= 15 is 0 Å². The van der Waals surface area contributed by atoms with Crippen LogP contribution in [0.25, 0.3) is 10.9 Å². The van der Waals surface area contributed by atoms with E-state index in [4.69, 9.17) is 0 Å². The number of carbonyl (C=O) groups is 1. The lowest BCUT2D eigenvalue weighted by molar-refractivity contribution is 0.0710. The van der Waals surface area contributed by atoms with Crippen LogP contribution in [0.3, 0.4) is 0 Å². The van der Waals surface area contributed by atoms with Crippen LogP contribution < -0.4 is 10.9 Å². The van der Waals surface area contributed by atoms with Gasteiger partial charge in [-0.2, -0.15) is 0 Å². The first kappa shape index (κ1) is 13.8. The summed E-state index contributed by atoms with van der Waals surface area (Å²) < 4.78 is 0.